The average molecular weight is 479 g/mol. The summed E-state index contributed by atoms with van der Waals surface area (Å²) in [5.74, 6) is 0.520. The van der Waals surface area contributed by atoms with Crippen LogP contribution in [-0.2, 0) is 4.79 Å². The predicted octanol–water partition coefficient (Wildman–Crippen LogP) is 3.98. The highest BCUT2D eigenvalue weighted by atomic mass is 32.1. The molecular weight excluding hydrogens is 448 g/mol. The summed E-state index contributed by atoms with van der Waals surface area (Å²) in [7, 11) is 0. The molecule has 0 saturated heterocycles. The standard InChI is InChI=1S/C25H30N6O2S/c1-4-21(32)31(5-2)14-17-6-8-18(9-7-17)15-33-25-28-12-10-19(29-25)22(26)24-30-23-16(3)27-13-11-20(23)34-24/h6,8-13,17,22H,4-5,7,14-15,26H2,1-3H3. The van der Waals surface area contributed by atoms with Gasteiger partial charge in [-0.25, -0.2) is 9.97 Å². The van der Waals surface area contributed by atoms with Crippen LogP contribution in [0.5, 0.6) is 6.01 Å². The van der Waals surface area contributed by atoms with Gasteiger partial charge in [0.1, 0.15) is 23.2 Å². The van der Waals surface area contributed by atoms with Gasteiger partial charge in [0.15, 0.2) is 0 Å². The first kappa shape index (κ1) is 24.0. The molecule has 3 aromatic rings. The second kappa shape index (κ2) is 10.8. The average Bonchev–Trinajstić information content (AvgIpc) is 3.32. The van der Waals surface area contributed by atoms with Gasteiger partial charge >= 0.3 is 6.01 Å². The van der Waals surface area contributed by atoms with E-state index in [2.05, 4.69) is 38.2 Å². The summed E-state index contributed by atoms with van der Waals surface area (Å²) in [5, 5.41) is 0.780. The van der Waals surface area contributed by atoms with Gasteiger partial charge in [-0.1, -0.05) is 25.2 Å². The molecule has 2 N–H and O–H groups in total. The first-order valence-corrected chi connectivity index (χ1v) is 12.4. The highest BCUT2D eigenvalue weighted by Gasteiger charge is 2.19. The van der Waals surface area contributed by atoms with Crippen molar-refractivity contribution in [1.82, 2.24) is 24.8 Å². The van der Waals surface area contributed by atoms with Crippen LogP contribution in [0.25, 0.3) is 10.2 Å². The number of pyridine rings is 1. The Morgan fingerprint density at radius 2 is 2.09 bits per heavy atom. The van der Waals surface area contributed by atoms with Crippen molar-refractivity contribution in [3.8, 4) is 6.01 Å². The summed E-state index contributed by atoms with van der Waals surface area (Å²) in [6, 6.07) is 3.55. The molecule has 3 heterocycles. The van der Waals surface area contributed by atoms with Crippen molar-refractivity contribution < 1.29 is 9.53 Å². The van der Waals surface area contributed by atoms with Crippen LogP contribution in [0.15, 0.2) is 48.3 Å². The summed E-state index contributed by atoms with van der Waals surface area (Å²) < 4.78 is 6.91. The third-order valence-corrected chi connectivity index (χ3v) is 6.98. The van der Waals surface area contributed by atoms with Gasteiger partial charge in [-0.05, 0) is 43.9 Å². The maximum absolute atomic E-state index is 12.0. The molecule has 1 amide bonds. The second-order valence-corrected chi connectivity index (χ2v) is 9.31. The molecule has 0 aliphatic heterocycles. The Bertz CT molecular complexity index is 1220. The Balaban J connectivity index is 1.36. The molecular formula is C25H30N6O2S. The minimum atomic E-state index is -0.468. The van der Waals surface area contributed by atoms with Crippen LogP contribution in [0.3, 0.4) is 0 Å². The second-order valence-electron chi connectivity index (χ2n) is 8.25. The molecule has 0 radical (unpaired) electrons. The van der Waals surface area contributed by atoms with E-state index in [4.69, 9.17) is 10.5 Å². The molecule has 4 rings (SSSR count). The third-order valence-electron chi connectivity index (χ3n) is 5.87. The molecule has 178 valence electrons. The van der Waals surface area contributed by atoms with Crippen molar-refractivity contribution in [3.05, 3.63) is 64.7 Å². The van der Waals surface area contributed by atoms with E-state index in [1.165, 1.54) is 0 Å². The largest absolute Gasteiger partial charge is 0.459 e. The Morgan fingerprint density at radius 1 is 1.26 bits per heavy atom. The zero-order valence-corrected chi connectivity index (χ0v) is 20.6. The molecule has 2 unspecified atom stereocenters. The van der Waals surface area contributed by atoms with E-state index in [1.54, 1.807) is 29.8 Å². The number of aromatic nitrogens is 4. The fourth-order valence-corrected chi connectivity index (χ4v) is 4.90. The summed E-state index contributed by atoms with van der Waals surface area (Å²) >= 11 is 1.55. The molecule has 9 heteroatoms. The van der Waals surface area contributed by atoms with Crippen molar-refractivity contribution in [2.24, 2.45) is 11.7 Å². The van der Waals surface area contributed by atoms with Crippen molar-refractivity contribution in [2.75, 3.05) is 19.7 Å². The van der Waals surface area contributed by atoms with Crippen molar-refractivity contribution in [1.29, 1.82) is 0 Å². The van der Waals surface area contributed by atoms with Crippen LogP contribution in [0.2, 0.25) is 0 Å². The number of hydrogen-bond acceptors (Lipinski definition) is 8. The Morgan fingerprint density at radius 3 is 2.79 bits per heavy atom. The molecule has 0 saturated carbocycles. The minimum Gasteiger partial charge on any atom is -0.459 e. The number of nitrogens with zero attached hydrogens (tertiary/aromatic N) is 5. The molecule has 34 heavy (non-hydrogen) atoms. The normalized spacial score (nSPS) is 16.4. The van der Waals surface area contributed by atoms with Crippen molar-refractivity contribution in [3.63, 3.8) is 0 Å². The van der Waals surface area contributed by atoms with Crippen LogP contribution in [0, 0.1) is 12.8 Å². The van der Waals surface area contributed by atoms with E-state index in [1.807, 2.05) is 31.7 Å². The highest BCUT2D eigenvalue weighted by molar-refractivity contribution is 7.18. The van der Waals surface area contributed by atoms with Crippen LogP contribution in [-0.4, -0.2) is 50.4 Å². The fraction of sp³-hybridized carbons (Fsp3) is 0.400. The summed E-state index contributed by atoms with van der Waals surface area (Å²) in [6.45, 7) is 7.71. The zero-order chi connectivity index (χ0) is 24.1. The topological polar surface area (TPSA) is 107 Å². The van der Waals surface area contributed by atoms with Crippen molar-refractivity contribution >= 4 is 27.5 Å². The number of allylic oxidation sites excluding steroid dienone is 1. The van der Waals surface area contributed by atoms with Crippen LogP contribution in [0.1, 0.15) is 49.1 Å². The van der Waals surface area contributed by atoms with E-state index in [0.717, 1.165) is 46.0 Å². The summed E-state index contributed by atoms with van der Waals surface area (Å²) in [6.07, 6.45) is 11.2. The Kier molecular flexibility index (Phi) is 7.64. The number of aryl methyl sites for hydroxylation is 1. The first-order chi connectivity index (χ1) is 16.5. The van der Waals surface area contributed by atoms with Gasteiger partial charge in [0.25, 0.3) is 0 Å². The number of amides is 1. The maximum atomic E-state index is 12.0. The van der Waals surface area contributed by atoms with Crippen LogP contribution >= 0.6 is 11.3 Å². The molecule has 2 atom stereocenters. The van der Waals surface area contributed by atoms with Crippen LogP contribution < -0.4 is 10.5 Å². The lowest BCUT2D eigenvalue weighted by Gasteiger charge is -2.25. The number of thiazole rings is 1. The first-order valence-electron chi connectivity index (χ1n) is 11.6. The monoisotopic (exact) mass is 478 g/mol. The maximum Gasteiger partial charge on any atom is 0.316 e. The number of carbonyl (C=O) groups is 1. The van der Waals surface area contributed by atoms with Gasteiger partial charge in [0.05, 0.1) is 16.1 Å². The number of hydrogen-bond donors (Lipinski definition) is 1. The van der Waals surface area contributed by atoms with Gasteiger partial charge in [-0.2, -0.15) is 4.98 Å². The van der Waals surface area contributed by atoms with E-state index in [-0.39, 0.29) is 11.9 Å². The van der Waals surface area contributed by atoms with Gasteiger partial charge in [0, 0.05) is 31.9 Å². The lowest BCUT2D eigenvalue weighted by molar-refractivity contribution is -0.131. The molecule has 0 bridgehead atoms. The fourth-order valence-electron chi connectivity index (χ4n) is 3.87. The predicted molar refractivity (Wildman–Crippen MR) is 134 cm³/mol. The van der Waals surface area contributed by atoms with Gasteiger partial charge in [0.2, 0.25) is 5.91 Å². The smallest absolute Gasteiger partial charge is 0.316 e. The molecule has 8 nitrogen and oxygen atoms in total. The highest BCUT2D eigenvalue weighted by Crippen LogP contribution is 2.29. The molecule has 0 spiro atoms. The minimum absolute atomic E-state index is 0.196. The van der Waals surface area contributed by atoms with Crippen molar-refractivity contribution in [2.45, 2.75) is 39.7 Å². The SMILES string of the molecule is CCC(=O)N(CC)CC1C=CC(COc2nccc(C(N)c3nc4c(C)nccc4s3)n2)=CC1. The molecule has 0 aromatic carbocycles. The number of rotatable bonds is 9. The number of carbonyl (C=O) groups excluding carboxylic acids is 1. The van der Waals surface area contributed by atoms with Gasteiger partial charge < -0.3 is 15.4 Å². The molecule has 1 aliphatic rings. The molecule has 0 fully saturated rings. The lowest BCUT2D eigenvalue weighted by Crippen LogP contribution is -2.34. The Hall–Kier alpha value is -3.17. The number of nitrogens with two attached hydrogens (primary N) is 1. The summed E-state index contributed by atoms with van der Waals surface area (Å²) in [4.78, 5) is 31.6. The van der Waals surface area contributed by atoms with E-state index >= 15 is 0 Å². The Labute approximate surface area is 203 Å². The zero-order valence-electron chi connectivity index (χ0n) is 19.8. The van der Waals surface area contributed by atoms with Gasteiger partial charge in [-0.15, -0.1) is 11.3 Å². The molecule has 1 aliphatic carbocycles. The summed E-state index contributed by atoms with van der Waals surface area (Å²) in [5.41, 5.74) is 9.94. The van der Waals surface area contributed by atoms with Crippen LogP contribution in [0.4, 0.5) is 0 Å². The van der Waals surface area contributed by atoms with E-state index in [0.29, 0.717) is 24.6 Å². The molecule has 3 aromatic heterocycles. The van der Waals surface area contributed by atoms with Gasteiger partial charge in [-0.3, -0.25) is 9.78 Å². The van der Waals surface area contributed by atoms with E-state index in [9.17, 15) is 4.79 Å². The number of ether oxygens (including phenoxy) is 1. The number of fused-ring (bicyclic) bond motifs is 1. The quantitative estimate of drug-likeness (QED) is 0.496. The third kappa shape index (κ3) is 5.48. The van der Waals surface area contributed by atoms with E-state index < -0.39 is 6.04 Å². The lowest BCUT2D eigenvalue weighted by atomic mass is 9.96.